The first-order valence-corrected chi connectivity index (χ1v) is 10.8. The van der Waals surface area contributed by atoms with Crippen LogP contribution >= 0.6 is 0 Å². The third-order valence-corrected chi connectivity index (χ3v) is 5.58. The van der Waals surface area contributed by atoms with Crippen molar-refractivity contribution >= 4 is 23.3 Å². The third-order valence-electron chi connectivity index (χ3n) is 5.58. The van der Waals surface area contributed by atoms with E-state index in [1.54, 1.807) is 0 Å². The van der Waals surface area contributed by atoms with Crippen LogP contribution in [0.4, 0.5) is 11.5 Å². The number of benzene rings is 1. The number of nitrogens with one attached hydrogen (secondary N) is 2. The maximum atomic E-state index is 12.7. The van der Waals surface area contributed by atoms with Gasteiger partial charge in [0.05, 0.1) is 19.3 Å². The number of anilines is 2. The summed E-state index contributed by atoms with van der Waals surface area (Å²) in [6, 6.07) is 14.0. The third kappa shape index (κ3) is 6.05. The molecule has 2 N–H and O–H groups in total. The SMILES string of the molecule is CC(C)c1ccc(NC(=O)C[C@H](C)CC(=O)N2CCN(c3cccc[nH+]3)CC2)cc1. The fraction of sp³-hybridized carbons (Fsp3) is 0.458. The fourth-order valence-corrected chi connectivity index (χ4v) is 3.76. The van der Waals surface area contributed by atoms with E-state index in [0.717, 1.165) is 24.6 Å². The Kier molecular flexibility index (Phi) is 7.44. The highest BCUT2D eigenvalue weighted by molar-refractivity contribution is 5.91. The quantitative estimate of drug-likeness (QED) is 0.763. The number of hydrogen-bond acceptors (Lipinski definition) is 3. The van der Waals surface area contributed by atoms with Crippen molar-refractivity contribution in [2.75, 3.05) is 36.4 Å². The number of nitrogens with zero attached hydrogens (tertiary/aromatic N) is 2. The van der Waals surface area contributed by atoms with Crippen LogP contribution in [0.5, 0.6) is 0 Å². The maximum absolute atomic E-state index is 12.7. The van der Waals surface area contributed by atoms with Gasteiger partial charge < -0.3 is 10.2 Å². The molecule has 3 rings (SSSR count). The van der Waals surface area contributed by atoms with Gasteiger partial charge in [-0.3, -0.25) is 14.5 Å². The van der Waals surface area contributed by atoms with E-state index >= 15 is 0 Å². The van der Waals surface area contributed by atoms with Crippen molar-refractivity contribution in [3.05, 3.63) is 54.2 Å². The number of H-pyrrole nitrogens is 1. The number of carbonyl (C=O) groups is 2. The first-order chi connectivity index (χ1) is 14.4. The van der Waals surface area contributed by atoms with Crippen molar-refractivity contribution in [1.29, 1.82) is 0 Å². The highest BCUT2D eigenvalue weighted by atomic mass is 16.2. The molecule has 1 aromatic heterocycles. The molecule has 0 radical (unpaired) electrons. The van der Waals surface area contributed by atoms with Crippen LogP contribution in [0.2, 0.25) is 0 Å². The van der Waals surface area contributed by atoms with Gasteiger partial charge in [0.25, 0.3) is 5.82 Å². The van der Waals surface area contributed by atoms with Crippen LogP contribution in [0.15, 0.2) is 48.7 Å². The number of rotatable bonds is 7. The lowest BCUT2D eigenvalue weighted by Gasteiger charge is -2.31. The first-order valence-electron chi connectivity index (χ1n) is 10.8. The zero-order valence-electron chi connectivity index (χ0n) is 18.2. The van der Waals surface area contributed by atoms with Crippen molar-refractivity contribution in [3.63, 3.8) is 0 Å². The molecule has 0 unspecified atom stereocenters. The first kappa shape index (κ1) is 21.8. The molecule has 2 heterocycles. The van der Waals surface area contributed by atoms with E-state index in [4.69, 9.17) is 0 Å². The Morgan fingerprint density at radius 2 is 1.67 bits per heavy atom. The topological polar surface area (TPSA) is 66.8 Å². The number of piperazine rings is 1. The Morgan fingerprint density at radius 1 is 0.967 bits per heavy atom. The Labute approximate surface area is 179 Å². The van der Waals surface area contributed by atoms with Crippen LogP contribution in [0.25, 0.3) is 0 Å². The van der Waals surface area contributed by atoms with Crippen molar-refractivity contribution in [2.45, 2.75) is 39.5 Å². The van der Waals surface area contributed by atoms with Crippen molar-refractivity contribution < 1.29 is 14.6 Å². The second-order valence-electron chi connectivity index (χ2n) is 8.45. The maximum Gasteiger partial charge on any atom is 0.274 e. The molecule has 1 fully saturated rings. The monoisotopic (exact) mass is 409 g/mol. The normalized spacial score (nSPS) is 15.2. The van der Waals surface area contributed by atoms with Gasteiger partial charge in [0.2, 0.25) is 11.8 Å². The van der Waals surface area contributed by atoms with Crippen LogP contribution < -0.4 is 15.2 Å². The van der Waals surface area contributed by atoms with Crippen molar-refractivity contribution in [2.24, 2.45) is 5.92 Å². The molecule has 1 saturated heterocycles. The molecular weight excluding hydrogens is 376 g/mol. The lowest BCUT2D eigenvalue weighted by Crippen LogP contribution is -2.50. The average molecular weight is 410 g/mol. The molecule has 30 heavy (non-hydrogen) atoms. The highest BCUT2D eigenvalue weighted by Gasteiger charge is 2.27. The summed E-state index contributed by atoms with van der Waals surface area (Å²) in [6.45, 7) is 9.30. The summed E-state index contributed by atoms with van der Waals surface area (Å²) < 4.78 is 0. The number of hydrogen-bond donors (Lipinski definition) is 1. The zero-order valence-corrected chi connectivity index (χ0v) is 18.2. The van der Waals surface area contributed by atoms with Crippen LogP contribution in [0.3, 0.4) is 0 Å². The van der Waals surface area contributed by atoms with Gasteiger partial charge in [-0.25, -0.2) is 4.98 Å². The van der Waals surface area contributed by atoms with E-state index in [0.29, 0.717) is 31.8 Å². The van der Waals surface area contributed by atoms with E-state index in [-0.39, 0.29) is 17.7 Å². The van der Waals surface area contributed by atoms with Gasteiger partial charge in [-0.1, -0.05) is 39.0 Å². The van der Waals surface area contributed by atoms with E-state index < -0.39 is 0 Å². The van der Waals surface area contributed by atoms with E-state index in [9.17, 15) is 9.59 Å². The molecule has 1 atom stereocenters. The van der Waals surface area contributed by atoms with Gasteiger partial charge >= 0.3 is 0 Å². The zero-order chi connectivity index (χ0) is 21.5. The average Bonchev–Trinajstić information content (AvgIpc) is 2.74. The summed E-state index contributed by atoms with van der Waals surface area (Å²) in [5.74, 6) is 1.64. The number of aromatic amines is 1. The minimum atomic E-state index is -0.0444. The Morgan fingerprint density at radius 3 is 2.27 bits per heavy atom. The van der Waals surface area contributed by atoms with Crippen LogP contribution in [0.1, 0.15) is 45.1 Å². The van der Waals surface area contributed by atoms with Crippen LogP contribution in [-0.2, 0) is 9.59 Å². The molecule has 0 bridgehead atoms. The lowest BCUT2D eigenvalue weighted by atomic mass is 10.0. The van der Waals surface area contributed by atoms with Gasteiger partial charge in [0.15, 0.2) is 0 Å². The van der Waals surface area contributed by atoms with Gasteiger partial charge in [0, 0.05) is 24.6 Å². The van der Waals surface area contributed by atoms with E-state index in [1.165, 1.54) is 5.56 Å². The molecular formula is C24H33N4O2+. The largest absolute Gasteiger partial charge is 0.335 e. The number of aromatic nitrogens is 1. The smallest absolute Gasteiger partial charge is 0.274 e. The summed E-state index contributed by atoms with van der Waals surface area (Å²) in [5.41, 5.74) is 2.05. The summed E-state index contributed by atoms with van der Waals surface area (Å²) in [6.07, 6.45) is 2.66. The van der Waals surface area contributed by atoms with Gasteiger partial charge in [-0.2, -0.15) is 0 Å². The molecule has 2 amide bonds. The van der Waals surface area contributed by atoms with Gasteiger partial charge in [-0.15, -0.1) is 0 Å². The molecule has 160 valence electrons. The Hall–Kier alpha value is -2.89. The van der Waals surface area contributed by atoms with Gasteiger partial charge in [0.1, 0.15) is 13.1 Å². The Bertz CT molecular complexity index is 828. The standard InChI is InChI=1S/C24H32N4O2/c1-18(2)20-7-9-21(10-8-20)26-23(29)16-19(3)17-24(30)28-14-12-27(13-15-28)22-6-4-5-11-25-22/h4-11,18-19H,12-17H2,1-3H3,(H,26,29)/p+1/t19-/m0/s1. The molecule has 6 nitrogen and oxygen atoms in total. The lowest BCUT2D eigenvalue weighted by molar-refractivity contribution is -0.364. The second kappa shape index (κ2) is 10.2. The molecule has 1 aromatic carbocycles. The van der Waals surface area contributed by atoms with Crippen molar-refractivity contribution in [3.8, 4) is 0 Å². The van der Waals surface area contributed by atoms with Crippen LogP contribution in [-0.4, -0.2) is 42.9 Å². The predicted octanol–water partition coefficient (Wildman–Crippen LogP) is 3.33. The molecule has 2 aromatic rings. The number of amides is 2. The minimum Gasteiger partial charge on any atom is -0.335 e. The van der Waals surface area contributed by atoms with E-state index in [2.05, 4.69) is 35.1 Å². The number of pyridine rings is 1. The molecule has 0 saturated carbocycles. The summed E-state index contributed by atoms with van der Waals surface area (Å²) in [4.78, 5) is 32.4. The molecule has 1 aliphatic heterocycles. The number of carbonyl (C=O) groups excluding carboxylic acids is 2. The van der Waals surface area contributed by atoms with Crippen LogP contribution in [0, 0.1) is 5.92 Å². The summed E-state index contributed by atoms with van der Waals surface area (Å²) in [5, 5.41) is 2.94. The molecule has 1 aliphatic rings. The fourth-order valence-electron chi connectivity index (χ4n) is 3.76. The Balaban J connectivity index is 1.41. The summed E-state index contributed by atoms with van der Waals surface area (Å²) in [7, 11) is 0. The van der Waals surface area contributed by atoms with E-state index in [1.807, 2.05) is 54.4 Å². The van der Waals surface area contributed by atoms with Gasteiger partial charge in [-0.05, 0) is 35.6 Å². The molecule has 6 heteroatoms. The molecule has 0 aliphatic carbocycles. The summed E-state index contributed by atoms with van der Waals surface area (Å²) >= 11 is 0. The van der Waals surface area contributed by atoms with Crippen molar-refractivity contribution in [1.82, 2.24) is 4.90 Å². The second-order valence-corrected chi connectivity index (χ2v) is 8.45. The predicted molar refractivity (Wildman–Crippen MR) is 119 cm³/mol. The molecule has 0 spiro atoms. The minimum absolute atomic E-state index is 0.00734. The highest BCUT2D eigenvalue weighted by Crippen LogP contribution is 2.19.